The van der Waals surface area contributed by atoms with Crippen LogP contribution in [0.25, 0.3) is 0 Å². The van der Waals surface area contributed by atoms with Crippen LogP contribution in [-0.4, -0.2) is 188 Å². The molecule has 0 bridgehead atoms. The van der Waals surface area contributed by atoms with E-state index in [9.17, 15) is 37.3 Å². The average molecular weight is 661 g/mol. The molecule has 2 unspecified atom stereocenters. The number of aliphatic carboxylic acids is 2. The third kappa shape index (κ3) is 28.0. The normalized spacial score (nSPS) is 11.9. The van der Waals surface area contributed by atoms with Crippen LogP contribution in [0.3, 0.4) is 0 Å². The Labute approximate surface area is 340 Å². The number of hydrogen-bond donors (Lipinski definition) is 4. The van der Waals surface area contributed by atoms with E-state index in [1.807, 2.05) is 0 Å². The van der Waals surface area contributed by atoms with Gasteiger partial charge in [0.25, 0.3) is 10.1 Å². The van der Waals surface area contributed by atoms with Crippen molar-refractivity contribution in [1.29, 1.82) is 0 Å². The van der Waals surface area contributed by atoms with Crippen LogP contribution < -0.4 is 5.73 Å². The molecule has 0 radical (unpaired) electrons. The van der Waals surface area contributed by atoms with Crippen molar-refractivity contribution in [3.8, 4) is 0 Å². The topological polar surface area (TPSA) is 192 Å². The molecule has 0 spiro atoms. The molecule has 0 aromatic heterocycles. The van der Waals surface area contributed by atoms with Crippen molar-refractivity contribution in [3.63, 3.8) is 0 Å². The van der Waals surface area contributed by atoms with Crippen LogP contribution in [0.4, 0.5) is 0 Å². The fourth-order valence-corrected chi connectivity index (χ4v) is 5.06. The Morgan fingerprint density at radius 2 is 1.02 bits per heavy atom. The molecule has 16 heteroatoms. The van der Waals surface area contributed by atoms with E-state index >= 15 is 0 Å². The zero-order valence-corrected chi connectivity index (χ0v) is 23.6. The molecule has 0 aliphatic carbocycles. The summed E-state index contributed by atoms with van der Waals surface area (Å²) in [5, 5.41) is 16.3. The molecule has 2 amide bonds. The quantitative estimate of drug-likeness (QED) is 0.0639. The third-order valence-corrected chi connectivity index (χ3v) is 7.76. The number of carboxylic acid groups (broad SMARTS) is 2. The molecule has 0 saturated heterocycles. The van der Waals surface area contributed by atoms with E-state index in [2.05, 4.69) is 6.92 Å². The number of rotatable bonds is 25. The first-order valence-corrected chi connectivity index (χ1v) is 15.4. The molecule has 0 aliphatic rings. The Bertz CT molecular complexity index is 837. The summed E-state index contributed by atoms with van der Waals surface area (Å²) >= 11 is 0. The number of carbonyl (C=O) groups is 4. The Morgan fingerprint density at radius 1 is 0.667 bits per heavy atom. The Hall–Kier alpha value is 1.79. The SMILES string of the molecule is CCCCCCCCCCCCCCCCCCN(C(=O)CC(C(N)=O)S(=O)(=O)O)C(CC(=O)O)C(=O)O.[NaH].[NaH].[NaH].[NaH]. The molecule has 42 heavy (non-hydrogen) atoms. The number of primary amides is 1. The van der Waals surface area contributed by atoms with Gasteiger partial charge in [-0.25, -0.2) is 4.79 Å². The zero-order valence-electron chi connectivity index (χ0n) is 22.8. The zero-order chi connectivity index (χ0) is 29.0. The van der Waals surface area contributed by atoms with Crippen molar-refractivity contribution in [2.24, 2.45) is 5.73 Å². The number of carbonyl (C=O) groups excluding carboxylic acids is 2. The molecule has 5 N–H and O–H groups in total. The molecule has 0 saturated carbocycles. The van der Waals surface area contributed by atoms with Crippen molar-refractivity contribution in [3.05, 3.63) is 0 Å². The number of nitrogens with two attached hydrogens (primary N) is 1. The van der Waals surface area contributed by atoms with Crippen molar-refractivity contribution in [2.75, 3.05) is 6.54 Å². The summed E-state index contributed by atoms with van der Waals surface area (Å²) in [5.41, 5.74) is 4.97. The van der Waals surface area contributed by atoms with Crippen LogP contribution in [0.15, 0.2) is 0 Å². The third-order valence-electron chi connectivity index (χ3n) is 6.64. The molecule has 0 aromatic carbocycles. The van der Waals surface area contributed by atoms with Crippen molar-refractivity contribution >= 4 is 152 Å². The van der Waals surface area contributed by atoms with Gasteiger partial charge in [0.05, 0.1) is 12.8 Å². The predicted molar refractivity (Wildman–Crippen MR) is 173 cm³/mol. The standard InChI is InChI=1S/C26H48N2O9S.4Na.4H/c1-2-3-4-5-6-7-8-9-10-11-12-13-14-15-16-17-18-28(21(26(33)34)19-24(30)31)23(29)20-22(25(27)32)38(35,36)37;;;;;;;;/h21-22H,2-20H2,1H3,(H2,27,32)(H,30,31)(H,33,34)(H,35,36,37);;;;;;;;. The Kier molecular flexibility index (Phi) is 41.5. The van der Waals surface area contributed by atoms with Gasteiger partial charge >= 0.3 is 130 Å². The number of hydrogen-bond acceptors (Lipinski definition) is 6. The van der Waals surface area contributed by atoms with Gasteiger partial charge in [-0.3, -0.25) is 18.9 Å². The van der Waals surface area contributed by atoms with E-state index in [1.165, 1.54) is 64.2 Å². The summed E-state index contributed by atoms with van der Waals surface area (Å²) in [4.78, 5) is 47.7. The van der Waals surface area contributed by atoms with Gasteiger partial charge < -0.3 is 20.8 Å². The number of nitrogens with zero attached hydrogens (tertiary/aromatic N) is 1. The Balaban J connectivity index is -0.00000114. The van der Waals surface area contributed by atoms with Gasteiger partial charge in [0, 0.05) is 6.54 Å². The van der Waals surface area contributed by atoms with E-state index in [0.29, 0.717) is 12.8 Å². The summed E-state index contributed by atoms with van der Waals surface area (Å²) in [6.45, 7) is 2.10. The molecule has 2 atom stereocenters. The number of unbranched alkanes of at least 4 members (excludes halogenated alkanes) is 15. The fraction of sp³-hybridized carbons (Fsp3) is 0.846. The molecule has 0 aromatic rings. The first-order chi connectivity index (χ1) is 17.9. The van der Waals surface area contributed by atoms with E-state index in [1.54, 1.807) is 0 Å². The molecule has 230 valence electrons. The van der Waals surface area contributed by atoms with E-state index in [-0.39, 0.29) is 125 Å². The summed E-state index contributed by atoms with van der Waals surface area (Å²) in [6, 6.07) is -1.74. The summed E-state index contributed by atoms with van der Waals surface area (Å²) in [7, 11) is -5.00. The second kappa shape index (κ2) is 32.7. The van der Waals surface area contributed by atoms with Crippen molar-refractivity contribution < 1.29 is 42.4 Å². The molecular weight excluding hydrogens is 608 g/mol. The van der Waals surface area contributed by atoms with Gasteiger partial charge in [-0.15, -0.1) is 0 Å². The van der Waals surface area contributed by atoms with Gasteiger partial charge in [0.1, 0.15) is 6.04 Å². The second-order valence-corrected chi connectivity index (χ2v) is 11.6. The minimum absolute atomic E-state index is 0. The van der Waals surface area contributed by atoms with Crippen LogP contribution >= 0.6 is 0 Å². The minimum atomic E-state index is -5.00. The first kappa shape index (κ1) is 53.3. The summed E-state index contributed by atoms with van der Waals surface area (Å²) in [6.07, 6.45) is 16.1. The van der Waals surface area contributed by atoms with Crippen molar-refractivity contribution in [1.82, 2.24) is 4.90 Å². The van der Waals surface area contributed by atoms with Gasteiger partial charge in [0.15, 0.2) is 5.25 Å². The van der Waals surface area contributed by atoms with Crippen LogP contribution in [0.5, 0.6) is 0 Å². The molecule has 0 fully saturated rings. The summed E-state index contributed by atoms with van der Waals surface area (Å²) in [5.74, 6) is -5.57. The van der Waals surface area contributed by atoms with Crippen LogP contribution in [-0.2, 0) is 29.3 Å². The van der Waals surface area contributed by atoms with Crippen LogP contribution in [0.1, 0.15) is 122 Å². The molecule has 11 nitrogen and oxygen atoms in total. The first-order valence-electron chi connectivity index (χ1n) is 13.9. The van der Waals surface area contributed by atoms with E-state index < -0.39 is 58.0 Å². The van der Waals surface area contributed by atoms with Crippen LogP contribution in [0.2, 0.25) is 0 Å². The monoisotopic (exact) mass is 660 g/mol. The maximum absolute atomic E-state index is 12.7. The summed E-state index contributed by atoms with van der Waals surface area (Å²) < 4.78 is 32.0. The maximum atomic E-state index is 12.7. The van der Waals surface area contributed by atoms with Gasteiger partial charge in [-0.05, 0) is 6.42 Å². The predicted octanol–water partition coefficient (Wildman–Crippen LogP) is 1.54. The molecule has 0 aliphatic heterocycles. The van der Waals surface area contributed by atoms with Crippen LogP contribution in [0, 0.1) is 0 Å². The average Bonchev–Trinajstić information content (AvgIpc) is 2.82. The Morgan fingerprint density at radius 3 is 1.31 bits per heavy atom. The van der Waals surface area contributed by atoms with E-state index in [4.69, 9.17) is 10.8 Å². The molecule has 0 heterocycles. The van der Waals surface area contributed by atoms with Gasteiger partial charge in [-0.2, -0.15) is 8.42 Å². The van der Waals surface area contributed by atoms with Crippen molar-refractivity contribution in [2.45, 2.75) is 134 Å². The number of carboxylic acids is 2. The van der Waals surface area contributed by atoms with E-state index in [0.717, 1.165) is 30.6 Å². The van der Waals surface area contributed by atoms with Gasteiger partial charge in [-0.1, -0.05) is 103 Å². The second-order valence-electron chi connectivity index (χ2n) is 9.95. The number of amides is 2. The molecular formula is C26H52N2Na4O9S. The van der Waals surface area contributed by atoms with Gasteiger partial charge in [0.2, 0.25) is 11.8 Å². The molecule has 0 rings (SSSR count). The fourth-order valence-electron chi connectivity index (χ4n) is 4.41.